The molecule has 0 saturated heterocycles. The molecule has 0 aliphatic heterocycles. The summed E-state index contributed by atoms with van der Waals surface area (Å²) in [6.45, 7) is 23.2. The summed E-state index contributed by atoms with van der Waals surface area (Å²) >= 11 is 0. The SMILES string of the molecule is C.C.C.C.C.C.C.C.C.C.CC.CC.Cc1ccc(C(=O)O)cc1.Cc1ccc(C(=O)[O-])cc1.Cc1cccc(C(=O)O)c1.Cc1cccc(C(=O)O)c1.Cc1ccccc1.Cc1ccccc1.Cc1ccccc1C(=O)O.Cc1ccccc1C(=O)[O-]. The molecule has 0 saturated carbocycles. The maximum Gasteiger partial charge on any atom is 0.335 e. The van der Waals surface area contributed by atoms with Crippen LogP contribution in [0.5, 0.6) is 0 Å². The van der Waals surface area contributed by atoms with Gasteiger partial charge in [-0.1, -0.05) is 299 Å². The monoisotopic (exact) mass is 1220 g/mol. The molecule has 4 N–H and O–H groups in total. The van der Waals surface area contributed by atoms with Gasteiger partial charge in [0.25, 0.3) is 0 Å². The molecule has 0 amide bonds. The molecule has 0 fully saturated rings. The highest BCUT2D eigenvalue weighted by molar-refractivity contribution is 5.90. The second-order valence-electron chi connectivity index (χ2n) is 16.2. The van der Waals surface area contributed by atoms with Crippen LogP contribution in [-0.2, 0) is 0 Å². The molecule has 0 spiro atoms. The van der Waals surface area contributed by atoms with Gasteiger partial charge in [-0.25, -0.2) is 19.2 Å². The van der Waals surface area contributed by atoms with Gasteiger partial charge in [0, 0.05) is 5.56 Å². The number of carboxylic acid groups (broad SMARTS) is 6. The van der Waals surface area contributed by atoms with Crippen molar-refractivity contribution in [3.63, 3.8) is 0 Å². The van der Waals surface area contributed by atoms with E-state index in [0.717, 1.165) is 33.4 Å². The molecule has 0 aromatic heterocycles. The zero-order valence-corrected chi connectivity index (χ0v) is 46.7. The predicted octanol–water partition coefficient (Wildman–Crippen LogP) is 19.9. The molecule has 0 bridgehead atoms. The van der Waals surface area contributed by atoms with Crippen molar-refractivity contribution in [1.82, 2.24) is 0 Å². The van der Waals surface area contributed by atoms with E-state index in [2.05, 4.69) is 38.1 Å². The molecule has 0 radical (unpaired) electrons. The van der Waals surface area contributed by atoms with E-state index in [1.807, 2.05) is 110 Å². The molecule has 12 heteroatoms. The lowest BCUT2D eigenvalue weighted by atomic mass is 10.1. The fraction of sp³-hybridized carbons (Fsp3) is 0.289. The zero-order chi connectivity index (χ0) is 59.6. The van der Waals surface area contributed by atoms with Crippen LogP contribution in [0.1, 0.15) is 209 Å². The largest absolute Gasteiger partial charge is 0.545 e. The number of aryl methyl sites for hydroxylation is 8. The molecular formula is C76H114O12-2. The minimum absolute atomic E-state index is 0. The highest BCUT2D eigenvalue weighted by Crippen LogP contribution is 2.08. The first-order valence-corrected chi connectivity index (χ1v) is 24.8. The van der Waals surface area contributed by atoms with Crippen molar-refractivity contribution in [3.8, 4) is 0 Å². The zero-order valence-electron chi connectivity index (χ0n) is 46.7. The Morgan fingerprint density at radius 2 is 0.500 bits per heavy atom. The number of carbonyl (C=O) groups excluding carboxylic acids is 2. The Bertz CT molecular complexity index is 2760. The summed E-state index contributed by atoms with van der Waals surface area (Å²) in [6.07, 6.45) is 0. The standard InChI is InChI=1S/6C8H8O2.2C7H8.2C2H6.10CH4/c2*1-6-2-4-7(5-3-6)8(9)10;2*1-6-3-2-4-7(5-6)8(9)10;2*1-6-4-2-3-5-7(6)8(9)10;2*1-7-5-3-2-4-6-7;2*1-2;;;;;;;;;;/h6*2-5H,1H3,(H,9,10);2*2-6H,1H3;2*1-2H3;10*1H4/p-2. The maximum atomic E-state index is 10.4. The summed E-state index contributed by atoms with van der Waals surface area (Å²) < 4.78 is 0. The second kappa shape index (κ2) is 63.6. The van der Waals surface area contributed by atoms with Crippen molar-refractivity contribution < 1.29 is 59.4 Å². The van der Waals surface area contributed by atoms with E-state index in [-0.39, 0.29) is 85.4 Å². The van der Waals surface area contributed by atoms with Gasteiger partial charge >= 0.3 is 23.9 Å². The third-order valence-electron chi connectivity index (χ3n) is 9.74. The number of carboxylic acids is 6. The summed E-state index contributed by atoms with van der Waals surface area (Å²) in [6, 6.07) is 61.1. The molecule has 8 aromatic rings. The summed E-state index contributed by atoms with van der Waals surface area (Å²) in [4.78, 5) is 62.0. The second-order valence-corrected chi connectivity index (χ2v) is 16.2. The van der Waals surface area contributed by atoms with Gasteiger partial charge in [-0.15, -0.1) is 0 Å². The molecular weight excluding hydrogens is 1100 g/mol. The Balaban J connectivity index is -0.0000000734. The predicted molar refractivity (Wildman–Crippen MR) is 376 cm³/mol. The van der Waals surface area contributed by atoms with Gasteiger partial charge in [0.05, 0.1) is 34.2 Å². The highest BCUT2D eigenvalue weighted by Gasteiger charge is 2.04. The quantitative estimate of drug-likeness (QED) is 0.122. The smallest absolute Gasteiger partial charge is 0.335 e. The summed E-state index contributed by atoms with van der Waals surface area (Å²) in [5, 5.41) is 54.6. The number of benzene rings is 8. The first-order valence-electron chi connectivity index (χ1n) is 24.8. The minimum Gasteiger partial charge on any atom is -0.545 e. The van der Waals surface area contributed by atoms with Crippen molar-refractivity contribution in [3.05, 3.63) is 284 Å². The van der Waals surface area contributed by atoms with Gasteiger partial charge in [-0.05, 0) is 115 Å². The Hall–Kier alpha value is -9.42. The molecule has 0 aliphatic carbocycles. The van der Waals surface area contributed by atoms with E-state index in [1.165, 1.54) is 29.3 Å². The van der Waals surface area contributed by atoms with Crippen LogP contribution < -0.4 is 10.2 Å². The first-order chi connectivity index (χ1) is 37.0. The number of hydrogen-bond donors (Lipinski definition) is 4. The van der Waals surface area contributed by atoms with Crippen LogP contribution in [-0.4, -0.2) is 56.2 Å². The minimum atomic E-state index is -1.12. The van der Waals surface area contributed by atoms with Crippen LogP contribution in [0, 0.1) is 55.4 Å². The average molecular weight is 1220 g/mol. The van der Waals surface area contributed by atoms with Crippen molar-refractivity contribution in [2.24, 2.45) is 0 Å². The van der Waals surface area contributed by atoms with Crippen LogP contribution in [0.15, 0.2) is 206 Å². The molecule has 8 rings (SSSR count). The van der Waals surface area contributed by atoms with Gasteiger partial charge < -0.3 is 40.2 Å². The summed E-state index contributed by atoms with van der Waals surface area (Å²) in [5.41, 5.74) is 10.2. The van der Waals surface area contributed by atoms with Gasteiger partial charge in [0.15, 0.2) is 0 Å². The van der Waals surface area contributed by atoms with E-state index in [0.29, 0.717) is 22.3 Å². The molecule has 0 atom stereocenters. The molecule has 492 valence electrons. The van der Waals surface area contributed by atoms with E-state index in [1.54, 1.807) is 123 Å². The van der Waals surface area contributed by atoms with Gasteiger partial charge in [-0.3, -0.25) is 0 Å². The van der Waals surface area contributed by atoms with Gasteiger partial charge in [0.1, 0.15) is 0 Å². The number of carbonyl (C=O) groups is 6. The normalized spacial score (nSPS) is 7.86. The Morgan fingerprint density at radius 1 is 0.250 bits per heavy atom. The lowest BCUT2D eigenvalue weighted by Gasteiger charge is -2.03. The summed E-state index contributed by atoms with van der Waals surface area (Å²) in [7, 11) is 0. The van der Waals surface area contributed by atoms with Crippen LogP contribution in [0.3, 0.4) is 0 Å². The van der Waals surface area contributed by atoms with E-state index < -0.39 is 35.8 Å². The third-order valence-corrected chi connectivity index (χ3v) is 9.74. The van der Waals surface area contributed by atoms with Crippen LogP contribution in [0.25, 0.3) is 0 Å². The van der Waals surface area contributed by atoms with E-state index in [4.69, 9.17) is 20.4 Å². The maximum absolute atomic E-state index is 10.4. The lowest BCUT2D eigenvalue weighted by molar-refractivity contribution is -0.256. The van der Waals surface area contributed by atoms with Crippen LogP contribution in [0.4, 0.5) is 0 Å². The Labute approximate surface area is 534 Å². The molecule has 88 heavy (non-hydrogen) atoms. The number of hydrogen-bond acceptors (Lipinski definition) is 8. The molecule has 0 heterocycles. The fourth-order valence-corrected chi connectivity index (χ4v) is 5.63. The van der Waals surface area contributed by atoms with Gasteiger partial charge in [0.2, 0.25) is 0 Å². The van der Waals surface area contributed by atoms with Crippen LogP contribution >= 0.6 is 0 Å². The highest BCUT2D eigenvalue weighted by atomic mass is 16.4. The first kappa shape index (κ1) is 107. The molecule has 8 aromatic carbocycles. The lowest BCUT2D eigenvalue weighted by Crippen LogP contribution is -2.23. The van der Waals surface area contributed by atoms with Gasteiger partial charge in [-0.2, -0.15) is 0 Å². The average Bonchev–Trinajstić information content (AvgIpc) is 3.42. The Kier molecular flexibility index (Phi) is 77.1. The third kappa shape index (κ3) is 51.0. The molecule has 12 nitrogen and oxygen atoms in total. The van der Waals surface area contributed by atoms with E-state index >= 15 is 0 Å². The van der Waals surface area contributed by atoms with Crippen LogP contribution in [0.2, 0.25) is 0 Å². The molecule has 0 aliphatic rings. The van der Waals surface area contributed by atoms with Crippen molar-refractivity contribution in [2.75, 3.05) is 0 Å². The fourth-order valence-electron chi connectivity index (χ4n) is 5.63. The number of aromatic carboxylic acids is 6. The summed E-state index contributed by atoms with van der Waals surface area (Å²) in [5.74, 6) is -5.72. The Morgan fingerprint density at radius 3 is 0.693 bits per heavy atom. The topological polar surface area (TPSA) is 229 Å². The van der Waals surface area contributed by atoms with E-state index in [9.17, 15) is 39.0 Å². The van der Waals surface area contributed by atoms with Crippen molar-refractivity contribution in [1.29, 1.82) is 0 Å². The number of rotatable bonds is 6. The van der Waals surface area contributed by atoms with Crippen molar-refractivity contribution in [2.45, 2.75) is 157 Å². The van der Waals surface area contributed by atoms with Crippen molar-refractivity contribution >= 4 is 35.8 Å². The molecule has 0 unspecified atom stereocenters.